The van der Waals surface area contributed by atoms with Crippen molar-refractivity contribution in [2.75, 3.05) is 11.1 Å². The van der Waals surface area contributed by atoms with E-state index in [1.54, 1.807) is 6.20 Å². The van der Waals surface area contributed by atoms with Gasteiger partial charge in [-0.25, -0.2) is 14.8 Å². The number of carboxylic acid groups (broad SMARTS) is 1. The Bertz CT molecular complexity index is 579. The molecule has 0 aliphatic rings. The van der Waals surface area contributed by atoms with Crippen LogP contribution >= 0.6 is 0 Å². The molecule has 2 rings (SSSR count). The molecular formula is C11H13N5O2. The Balaban J connectivity index is 2.17. The highest BCUT2D eigenvalue weighted by atomic mass is 16.4. The molecule has 18 heavy (non-hydrogen) atoms. The minimum Gasteiger partial charge on any atom is -0.478 e. The summed E-state index contributed by atoms with van der Waals surface area (Å²) in [7, 11) is 1.87. The molecule has 0 aliphatic carbocycles. The van der Waals surface area contributed by atoms with Gasteiger partial charge < -0.3 is 20.7 Å². The van der Waals surface area contributed by atoms with Crippen LogP contribution in [0.1, 0.15) is 16.2 Å². The first kappa shape index (κ1) is 11.9. The average Bonchev–Trinajstić information content (AvgIpc) is 2.73. The van der Waals surface area contributed by atoms with Gasteiger partial charge in [-0.2, -0.15) is 0 Å². The predicted molar refractivity (Wildman–Crippen MR) is 66.1 cm³/mol. The fourth-order valence-electron chi connectivity index (χ4n) is 1.53. The third kappa shape index (κ3) is 2.24. The molecule has 0 bridgehead atoms. The number of nitrogen functional groups attached to an aromatic ring is 1. The number of aromatic carboxylic acids is 1. The standard InChI is InChI=1S/C11H13N5O2/c1-16-5-4-13-8(16)6-15-10-9(12)7(11(17)18)2-3-14-10/h2-5H,6,12H2,1H3,(H,14,15)(H,17,18). The highest BCUT2D eigenvalue weighted by Gasteiger charge is 2.12. The van der Waals surface area contributed by atoms with E-state index in [0.29, 0.717) is 12.4 Å². The number of nitrogens with one attached hydrogen (secondary N) is 1. The van der Waals surface area contributed by atoms with Crippen LogP contribution in [0.15, 0.2) is 24.7 Å². The van der Waals surface area contributed by atoms with Crippen LogP contribution < -0.4 is 11.1 Å². The highest BCUT2D eigenvalue weighted by molar-refractivity contribution is 5.96. The molecule has 2 heterocycles. The zero-order chi connectivity index (χ0) is 13.1. The van der Waals surface area contributed by atoms with E-state index in [-0.39, 0.29) is 11.3 Å². The summed E-state index contributed by atoms with van der Waals surface area (Å²) in [6.07, 6.45) is 4.91. The quantitative estimate of drug-likeness (QED) is 0.734. The van der Waals surface area contributed by atoms with Crippen molar-refractivity contribution >= 4 is 17.5 Å². The number of hydrogen-bond acceptors (Lipinski definition) is 5. The molecule has 0 spiro atoms. The molecule has 2 aromatic rings. The van der Waals surface area contributed by atoms with Crippen molar-refractivity contribution in [1.82, 2.24) is 14.5 Å². The third-order valence-electron chi connectivity index (χ3n) is 2.56. The fourth-order valence-corrected chi connectivity index (χ4v) is 1.53. The predicted octanol–water partition coefficient (Wildman–Crippen LogP) is 0.708. The summed E-state index contributed by atoms with van der Waals surface area (Å²) in [4.78, 5) is 19.1. The largest absolute Gasteiger partial charge is 0.478 e. The Hall–Kier alpha value is -2.57. The number of carboxylic acids is 1. The van der Waals surface area contributed by atoms with Crippen LogP contribution in [0, 0.1) is 0 Å². The molecule has 0 atom stereocenters. The number of rotatable bonds is 4. The zero-order valence-corrected chi connectivity index (χ0v) is 9.79. The van der Waals surface area contributed by atoms with Gasteiger partial charge in [0.2, 0.25) is 0 Å². The van der Waals surface area contributed by atoms with Crippen molar-refractivity contribution in [3.8, 4) is 0 Å². The summed E-state index contributed by atoms with van der Waals surface area (Å²) in [5, 5.41) is 11.9. The molecule has 94 valence electrons. The number of anilines is 2. The minimum absolute atomic E-state index is 0.0346. The van der Waals surface area contributed by atoms with Gasteiger partial charge in [-0.3, -0.25) is 0 Å². The maximum absolute atomic E-state index is 10.9. The number of nitrogens with zero attached hydrogens (tertiary/aromatic N) is 3. The Kier molecular flexibility index (Phi) is 3.13. The summed E-state index contributed by atoms with van der Waals surface area (Å²) in [5.41, 5.74) is 5.89. The topological polar surface area (TPSA) is 106 Å². The van der Waals surface area contributed by atoms with Crippen LogP contribution in [0.3, 0.4) is 0 Å². The second kappa shape index (κ2) is 4.74. The molecule has 0 unspecified atom stereocenters. The molecule has 0 amide bonds. The molecular weight excluding hydrogens is 234 g/mol. The molecule has 7 nitrogen and oxygen atoms in total. The normalized spacial score (nSPS) is 10.3. The molecule has 0 aromatic carbocycles. The smallest absolute Gasteiger partial charge is 0.337 e. The first-order valence-corrected chi connectivity index (χ1v) is 5.27. The molecule has 0 saturated carbocycles. The molecule has 0 radical (unpaired) electrons. The molecule has 0 fully saturated rings. The lowest BCUT2D eigenvalue weighted by Crippen LogP contribution is -2.11. The summed E-state index contributed by atoms with van der Waals surface area (Å²) in [5.74, 6) is 0.0739. The van der Waals surface area contributed by atoms with E-state index in [1.165, 1.54) is 12.3 Å². The second-order valence-corrected chi connectivity index (χ2v) is 3.73. The third-order valence-corrected chi connectivity index (χ3v) is 2.56. The minimum atomic E-state index is -1.07. The van der Waals surface area contributed by atoms with Crippen molar-refractivity contribution in [3.63, 3.8) is 0 Å². The SMILES string of the molecule is Cn1ccnc1CNc1nccc(C(=O)O)c1N. The number of imidazole rings is 1. The number of aromatic nitrogens is 3. The van der Waals surface area contributed by atoms with Gasteiger partial charge in [0, 0.05) is 25.6 Å². The highest BCUT2D eigenvalue weighted by Crippen LogP contribution is 2.20. The van der Waals surface area contributed by atoms with E-state index in [2.05, 4.69) is 15.3 Å². The number of nitrogens with two attached hydrogens (primary N) is 1. The maximum atomic E-state index is 10.9. The first-order valence-electron chi connectivity index (χ1n) is 5.27. The summed E-state index contributed by atoms with van der Waals surface area (Å²) >= 11 is 0. The Morgan fingerprint density at radius 3 is 2.89 bits per heavy atom. The molecule has 7 heteroatoms. The van der Waals surface area contributed by atoms with Crippen LogP contribution in [-0.2, 0) is 13.6 Å². The van der Waals surface area contributed by atoms with E-state index >= 15 is 0 Å². The summed E-state index contributed by atoms with van der Waals surface area (Å²) < 4.78 is 1.85. The number of hydrogen-bond donors (Lipinski definition) is 3. The van der Waals surface area contributed by atoms with Crippen LogP contribution in [0.2, 0.25) is 0 Å². The van der Waals surface area contributed by atoms with Gasteiger partial charge >= 0.3 is 5.97 Å². The van der Waals surface area contributed by atoms with Gasteiger partial charge in [0.05, 0.1) is 17.8 Å². The van der Waals surface area contributed by atoms with Gasteiger partial charge in [0.15, 0.2) is 0 Å². The van der Waals surface area contributed by atoms with Gasteiger partial charge in [0.1, 0.15) is 11.6 Å². The van der Waals surface area contributed by atoms with Gasteiger partial charge in [-0.1, -0.05) is 0 Å². The Labute approximate surface area is 103 Å². The van der Waals surface area contributed by atoms with Crippen molar-refractivity contribution in [2.45, 2.75) is 6.54 Å². The van der Waals surface area contributed by atoms with E-state index < -0.39 is 5.97 Å². The summed E-state index contributed by atoms with van der Waals surface area (Å²) in [6, 6.07) is 1.36. The monoisotopic (exact) mass is 247 g/mol. The van der Waals surface area contributed by atoms with Crippen LogP contribution in [-0.4, -0.2) is 25.6 Å². The lowest BCUT2D eigenvalue weighted by atomic mass is 10.2. The van der Waals surface area contributed by atoms with Crippen LogP contribution in [0.25, 0.3) is 0 Å². The zero-order valence-electron chi connectivity index (χ0n) is 9.79. The Morgan fingerprint density at radius 2 is 2.28 bits per heavy atom. The van der Waals surface area contributed by atoms with Crippen molar-refractivity contribution in [1.29, 1.82) is 0 Å². The summed E-state index contributed by atoms with van der Waals surface area (Å²) in [6.45, 7) is 0.420. The number of pyridine rings is 1. The van der Waals surface area contributed by atoms with Gasteiger partial charge in [-0.05, 0) is 6.07 Å². The van der Waals surface area contributed by atoms with Gasteiger partial charge in [0.25, 0.3) is 0 Å². The molecule has 0 aliphatic heterocycles. The number of aryl methyl sites for hydroxylation is 1. The second-order valence-electron chi connectivity index (χ2n) is 3.73. The van der Waals surface area contributed by atoms with Gasteiger partial charge in [-0.15, -0.1) is 0 Å². The molecule has 0 saturated heterocycles. The van der Waals surface area contributed by atoms with Crippen molar-refractivity contribution < 1.29 is 9.90 Å². The van der Waals surface area contributed by atoms with E-state index in [0.717, 1.165) is 5.82 Å². The van der Waals surface area contributed by atoms with Crippen molar-refractivity contribution in [3.05, 3.63) is 36.0 Å². The maximum Gasteiger partial charge on any atom is 0.337 e. The van der Waals surface area contributed by atoms with Crippen molar-refractivity contribution in [2.24, 2.45) is 7.05 Å². The lowest BCUT2D eigenvalue weighted by Gasteiger charge is -2.09. The van der Waals surface area contributed by atoms with Crippen LogP contribution in [0.4, 0.5) is 11.5 Å². The molecule has 2 aromatic heterocycles. The fraction of sp³-hybridized carbons (Fsp3) is 0.182. The van der Waals surface area contributed by atoms with E-state index in [4.69, 9.17) is 10.8 Å². The first-order chi connectivity index (χ1) is 8.59. The Morgan fingerprint density at radius 1 is 1.50 bits per heavy atom. The lowest BCUT2D eigenvalue weighted by molar-refractivity contribution is 0.0698. The average molecular weight is 247 g/mol. The van der Waals surface area contributed by atoms with E-state index in [9.17, 15) is 4.79 Å². The molecule has 4 N–H and O–H groups in total. The van der Waals surface area contributed by atoms with Crippen LogP contribution in [0.5, 0.6) is 0 Å². The van der Waals surface area contributed by atoms with E-state index in [1.807, 2.05) is 17.8 Å². The number of carbonyl (C=O) groups is 1.